The fourth-order valence-electron chi connectivity index (χ4n) is 4.85. The van der Waals surface area contributed by atoms with Gasteiger partial charge in [-0.2, -0.15) is 0 Å². The summed E-state index contributed by atoms with van der Waals surface area (Å²) in [6.45, 7) is 0. The van der Waals surface area contributed by atoms with Gasteiger partial charge in [-0.15, -0.1) is 0 Å². The number of aromatic nitrogens is 3. The number of nitrogens with zero attached hydrogens (tertiary/aromatic N) is 3. The van der Waals surface area contributed by atoms with Gasteiger partial charge in [0.25, 0.3) is 5.56 Å². The first-order valence-corrected chi connectivity index (χ1v) is 11.5. The van der Waals surface area contributed by atoms with E-state index in [2.05, 4.69) is 21.2 Å². The molecule has 0 spiro atoms. The first-order valence-electron chi connectivity index (χ1n) is 10.7. The summed E-state index contributed by atoms with van der Waals surface area (Å²) in [5.41, 5.74) is 10.5. The van der Waals surface area contributed by atoms with Crippen molar-refractivity contribution in [2.24, 2.45) is 14.1 Å². The fourth-order valence-corrected chi connectivity index (χ4v) is 5.17. The Morgan fingerprint density at radius 2 is 1.76 bits per heavy atom. The third-order valence-electron chi connectivity index (χ3n) is 6.37. The number of benzene rings is 2. The topological polar surface area (TPSA) is 100 Å². The Balaban J connectivity index is 1.89. The first kappa shape index (κ1) is 20.6. The Bertz CT molecular complexity index is 1730. The highest BCUT2D eigenvalue weighted by atomic mass is 79.9. The van der Waals surface area contributed by atoms with Crippen LogP contribution in [-0.2, 0) is 14.1 Å². The Morgan fingerprint density at radius 1 is 1.00 bits per heavy atom. The zero-order valence-corrected chi connectivity index (χ0v) is 20.0. The molecule has 3 N–H and O–H groups in total. The lowest BCUT2D eigenvalue weighted by Gasteiger charge is -2.30. The molecular weight excluding hydrogens is 498 g/mol. The molecule has 8 nitrogen and oxygen atoms in total. The molecule has 34 heavy (non-hydrogen) atoms. The van der Waals surface area contributed by atoms with Crippen LogP contribution >= 0.6 is 15.9 Å². The Morgan fingerprint density at radius 3 is 2.47 bits per heavy atom. The van der Waals surface area contributed by atoms with Crippen molar-refractivity contribution in [2.45, 2.75) is 6.04 Å². The minimum atomic E-state index is -0.458. The van der Waals surface area contributed by atoms with E-state index in [-0.39, 0.29) is 5.56 Å². The van der Waals surface area contributed by atoms with Gasteiger partial charge >= 0.3 is 5.69 Å². The summed E-state index contributed by atoms with van der Waals surface area (Å²) in [5, 5.41) is 3.99. The van der Waals surface area contributed by atoms with Crippen LogP contribution in [-0.4, -0.2) is 13.7 Å². The standard InChI is InChI=1S/C25H20BrN5O3/c1-29-22-19(24(32)30(2)25(29)33)21(13-6-4-3-5-7-13)31-16-12-14(27)8-9-15(16)28-20(23(22)31)17-10-11-18(26)34-17/h3-12,20,28H,27H2,1-2H3. The number of furan rings is 1. The summed E-state index contributed by atoms with van der Waals surface area (Å²) in [4.78, 5) is 26.6. The molecule has 1 unspecified atom stereocenters. The maximum absolute atomic E-state index is 13.6. The van der Waals surface area contributed by atoms with Crippen molar-refractivity contribution in [1.82, 2.24) is 13.7 Å². The molecule has 6 rings (SSSR count). The number of aryl methyl sites for hydroxylation is 1. The fraction of sp³-hybridized carbons (Fsp3) is 0.120. The second-order valence-corrected chi connectivity index (χ2v) is 9.14. The number of hydrogen-bond donors (Lipinski definition) is 2. The van der Waals surface area contributed by atoms with Crippen molar-refractivity contribution < 1.29 is 4.42 Å². The number of rotatable bonds is 2. The number of halogens is 1. The summed E-state index contributed by atoms with van der Waals surface area (Å²) in [6, 6.07) is 18.5. The van der Waals surface area contributed by atoms with E-state index in [0.29, 0.717) is 32.7 Å². The number of fused-ring (bicyclic) bond motifs is 5. The van der Waals surface area contributed by atoms with Crippen molar-refractivity contribution in [3.63, 3.8) is 0 Å². The summed E-state index contributed by atoms with van der Waals surface area (Å²) >= 11 is 3.39. The molecule has 0 aliphatic carbocycles. The van der Waals surface area contributed by atoms with E-state index < -0.39 is 11.7 Å². The summed E-state index contributed by atoms with van der Waals surface area (Å²) in [5.74, 6) is 0.641. The molecule has 0 saturated heterocycles. The molecule has 4 heterocycles. The first-order chi connectivity index (χ1) is 16.4. The van der Waals surface area contributed by atoms with Crippen molar-refractivity contribution in [3.05, 3.63) is 97.6 Å². The maximum atomic E-state index is 13.6. The second kappa shape index (κ2) is 7.26. The van der Waals surface area contributed by atoms with E-state index in [1.54, 1.807) is 7.05 Å². The van der Waals surface area contributed by atoms with Crippen LogP contribution < -0.4 is 22.3 Å². The minimum Gasteiger partial charge on any atom is -0.452 e. The summed E-state index contributed by atoms with van der Waals surface area (Å²) in [6.07, 6.45) is 0. The van der Waals surface area contributed by atoms with Crippen LogP contribution in [0.5, 0.6) is 0 Å². The molecule has 1 aliphatic heterocycles. The van der Waals surface area contributed by atoms with E-state index in [9.17, 15) is 9.59 Å². The SMILES string of the molecule is Cn1c(=O)c2c(-c3ccccc3)n3c(c2n(C)c1=O)C(c1ccc(Br)o1)Nc1ccc(N)cc1-3. The smallest absolute Gasteiger partial charge is 0.331 e. The van der Waals surface area contributed by atoms with Crippen LogP contribution in [0.1, 0.15) is 17.5 Å². The van der Waals surface area contributed by atoms with Gasteiger partial charge in [0, 0.05) is 19.8 Å². The van der Waals surface area contributed by atoms with E-state index in [1.165, 1.54) is 11.6 Å². The zero-order chi connectivity index (χ0) is 23.7. The summed E-state index contributed by atoms with van der Waals surface area (Å²) < 4.78 is 11.2. The second-order valence-electron chi connectivity index (χ2n) is 8.36. The van der Waals surface area contributed by atoms with Crippen LogP contribution in [0.4, 0.5) is 11.4 Å². The van der Waals surface area contributed by atoms with E-state index in [0.717, 1.165) is 27.2 Å². The molecule has 5 aromatic rings. The van der Waals surface area contributed by atoms with E-state index in [1.807, 2.05) is 65.2 Å². The molecule has 170 valence electrons. The van der Waals surface area contributed by atoms with Gasteiger partial charge in [0.2, 0.25) is 0 Å². The lowest BCUT2D eigenvalue weighted by molar-refractivity contribution is 0.473. The van der Waals surface area contributed by atoms with Gasteiger partial charge in [-0.25, -0.2) is 4.79 Å². The van der Waals surface area contributed by atoms with Gasteiger partial charge in [-0.1, -0.05) is 30.3 Å². The van der Waals surface area contributed by atoms with Crippen LogP contribution in [0.3, 0.4) is 0 Å². The molecule has 3 aromatic heterocycles. The van der Waals surface area contributed by atoms with Gasteiger partial charge < -0.3 is 20.0 Å². The monoisotopic (exact) mass is 517 g/mol. The Kier molecular flexibility index (Phi) is 4.40. The highest BCUT2D eigenvalue weighted by Crippen LogP contribution is 2.46. The van der Waals surface area contributed by atoms with Crippen molar-refractivity contribution in [3.8, 4) is 16.9 Å². The van der Waals surface area contributed by atoms with E-state index >= 15 is 0 Å². The quantitative estimate of drug-likeness (QED) is 0.342. The molecule has 1 aliphatic rings. The van der Waals surface area contributed by atoms with Gasteiger partial charge in [0.15, 0.2) is 4.67 Å². The molecule has 2 aromatic carbocycles. The number of nitrogens with two attached hydrogens (primary N) is 1. The van der Waals surface area contributed by atoms with Crippen LogP contribution in [0, 0.1) is 0 Å². The average Bonchev–Trinajstić information content (AvgIpc) is 3.43. The predicted molar refractivity (Wildman–Crippen MR) is 135 cm³/mol. The molecule has 9 heteroatoms. The van der Waals surface area contributed by atoms with Crippen LogP contribution in [0.15, 0.2) is 79.3 Å². The highest BCUT2D eigenvalue weighted by molar-refractivity contribution is 9.10. The lowest BCUT2D eigenvalue weighted by Crippen LogP contribution is -2.37. The molecule has 0 amide bonds. The third kappa shape index (κ3) is 2.76. The van der Waals surface area contributed by atoms with Crippen molar-refractivity contribution >= 4 is 38.2 Å². The molecule has 0 radical (unpaired) electrons. The third-order valence-corrected chi connectivity index (χ3v) is 6.80. The van der Waals surface area contributed by atoms with Crippen molar-refractivity contribution in [1.29, 1.82) is 0 Å². The number of hydrogen-bond acceptors (Lipinski definition) is 5. The Labute approximate surface area is 202 Å². The normalized spacial score (nSPS) is 14.6. The largest absolute Gasteiger partial charge is 0.452 e. The van der Waals surface area contributed by atoms with Crippen molar-refractivity contribution in [2.75, 3.05) is 11.1 Å². The number of nitrogens with one attached hydrogen (secondary N) is 1. The van der Waals surface area contributed by atoms with Gasteiger partial charge in [0.1, 0.15) is 11.8 Å². The van der Waals surface area contributed by atoms with Crippen LogP contribution in [0.25, 0.3) is 27.8 Å². The van der Waals surface area contributed by atoms with Gasteiger partial charge in [-0.05, 0) is 51.8 Å². The highest BCUT2D eigenvalue weighted by Gasteiger charge is 2.36. The summed E-state index contributed by atoms with van der Waals surface area (Å²) in [7, 11) is 3.19. The van der Waals surface area contributed by atoms with E-state index in [4.69, 9.17) is 10.2 Å². The molecule has 0 fully saturated rings. The van der Waals surface area contributed by atoms with Gasteiger partial charge in [0.05, 0.1) is 33.7 Å². The maximum Gasteiger partial charge on any atom is 0.331 e. The molecule has 0 bridgehead atoms. The predicted octanol–water partition coefficient (Wildman–Crippen LogP) is 4.15. The number of nitrogen functional groups attached to an aromatic ring is 1. The molecular formula is C25H20BrN5O3. The Hall–Kier alpha value is -3.98. The zero-order valence-electron chi connectivity index (χ0n) is 18.4. The average molecular weight is 518 g/mol. The number of anilines is 2. The molecule has 0 saturated carbocycles. The minimum absolute atomic E-state index is 0.358. The van der Waals surface area contributed by atoms with Crippen LogP contribution in [0.2, 0.25) is 0 Å². The molecule has 1 atom stereocenters. The lowest BCUT2D eigenvalue weighted by atomic mass is 10.0. The van der Waals surface area contributed by atoms with Gasteiger partial charge in [-0.3, -0.25) is 13.9 Å².